The molecule has 1 atom stereocenters. The van der Waals surface area contributed by atoms with Gasteiger partial charge in [0.25, 0.3) is 11.5 Å². The van der Waals surface area contributed by atoms with Crippen molar-refractivity contribution in [3.05, 3.63) is 120 Å². The van der Waals surface area contributed by atoms with Crippen LogP contribution in [0, 0.1) is 5.82 Å². The van der Waals surface area contributed by atoms with Crippen molar-refractivity contribution < 1.29 is 23.4 Å². The minimum Gasteiger partial charge on any atom is -0.497 e. The SMILES string of the molecule is CCN(CC)C(=O)C1=C(C)N=c2s/c(=C/c3ccccc3OCc3ccccc3F)c(=O)n2[C@H]1c1cc(OC)ccc1OC. The van der Waals surface area contributed by atoms with Crippen molar-refractivity contribution in [2.24, 2.45) is 4.99 Å². The Morgan fingerprint density at radius 3 is 2.45 bits per heavy atom. The molecular weight excluding hydrogens is 581 g/mol. The molecule has 1 aromatic heterocycles. The fourth-order valence-corrected chi connectivity index (χ4v) is 6.30. The maximum Gasteiger partial charge on any atom is 0.271 e. The third-order valence-corrected chi connectivity index (χ3v) is 8.56. The standard InChI is InChI=1S/C34H34FN3O5S/c1-6-37(7-2)33(40)30-21(3)36-34-38(31(30)25-19-24(41-4)16-17-28(25)42-5)32(39)29(44-34)18-22-12-9-11-15-27(22)43-20-23-13-8-10-14-26(23)35/h8-19,31H,6-7,20H2,1-5H3/b29-18+/t31-/m0/s1. The number of aromatic nitrogens is 1. The highest BCUT2D eigenvalue weighted by Crippen LogP contribution is 2.38. The number of rotatable bonds is 10. The number of allylic oxidation sites excluding steroid dienone is 1. The molecule has 1 aliphatic heterocycles. The van der Waals surface area contributed by atoms with Crippen LogP contribution in [-0.4, -0.2) is 42.7 Å². The molecule has 44 heavy (non-hydrogen) atoms. The Kier molecular flexibility index (Phi) is 9.29. The van der Waals surface area contributed by atoms with Gasteiger partial charge in [0.05, 0.1) is 30.0 Å². The Balaban J connectivity index is 1.67. The lowest BCUT2D eigenvalue weighted by Crippen LogP contribution is -2.43. The van der Waals surface area contributed by atoms with Gasteiger partial charge >= 0.3 is 0 Å². The van der Waals surface area contributed by atoms with E-state index >= 15 is 0 Å². The van der Waals surface area contributed by atoms with Gasteiger partial charge in [-0.25, -0.2) is 9.38 Å². The monoisotopic (exact) mass is 615 g/mol. The second-order valence-electron chi connectivity index (χ2n) is 10.1. The number of methoxy groups -OCH3 is 2. The van der Waals surface area contributed by atoms with Gasteiger partial charge in [0.1, 0.15) is 35.7 Å². The molecule has 0 spiro atoms. The van der Waals surface area contributed by atoms with Gasteiger partial charge in [0, 0.05) is 29.8 Å². The van der Waals surface area contributed by atoms with Crippen LogP contribution in [-0.2, 0) is 11.4 Å². The van der Waals surface area contributed by atoms with Crippen LogP contribution in [0.1, 0.15) is 43.5 Å². The molecule has 0 saturated carbocycles. The normalized spacial score (nSPS) is 14.6. The number of hydrogen-bond acceptors (Lipinski definition) is 7. The molecule has 1 aliphatic rings. The van der Waals surface area contributed by atoms with Gasteiger partial charge in [-0.15, -0.1) is 0 Å². The predicted molar refractivity (Wildman–Crippen MR) is 168 cm³/mol. The van der Waals surface area contributed by atoms with Crippen LogP contribution in [0.15, 0.2) is 87.8 Å². The molecule has 8 nitrogen and oxygen atoms in total. The second kappa shape index (κ2) is 13.3. The van der Waals surface area contributed by atoms with E-state index in [2.05, 4.69) is 0 Å². The molecule has 228 valence electrons. The van der Waals surface area contributed by atoms with E-state index in [4.69, 9.17) is 19.2 Å². The quantitative estimate of drug-likeness (QED) is 0.255. The summed E-state index contributed by atoms with van der Waals surface area (Å²) in [6, 6.07) is 18.2. The van der Waals surface area contributed by atoms with Crippen LogP contribution in [0.25, 0.3) is 6.08 Å². The van der Waals surface area contributed by atoms with Gasteiger partial charge in [-0.05, 0) is 57.2 Å². The molecular formula is C34H34FN3O5S. The zero-order valence-electron chi connectivity index (χ0n) is 25.3. The first-order valence-electron chi connectivity index (χ1n) is 14.3. The van der Waals surface area contributed by atoms with Crippen molar-refractivity contribution in [3.63, 3.8) is 0 Å². The van der Waals surface area contributed by atoms with E-state index in [0.717, 1.165) is 0 Å². The number of nitrogens with zero attached hydrogens (tertiary/aromatic N) is 3. The van der Waals surface area contributed by atoms with Gasteiger partial charge in [0.2, 0.25) is 0 Å². The number of amides is 1. The zero-order chi connectivity index (χ0) is 31.4. The first-order valence-corrected chi connectivity index (χ1v) is 15.1. The van der Waals surface area contributed by atoms with Crippen molar-refractivity contribution in [1.29, 1.82) is 0 Å². The summed E-state index contributed by atoms with van der Waals surface area (Å²) in [5.74, 6) is 1.02. The minimum absolute atomic E-state index is 0.0322. The highest BCUT2D eigenvalue weighted by molar-refractivity contribution is 7.07. The van der Waals surface area contributed by atoms with Gasteiger partial charge < -0.3 is 19.1 Å². The van der Waals surface area contributed by atoms with Crippen molar-refractivity contribution in [2.75, 3.05) is 27.3 Å². The maximum atomic E-state index is 14.2. The number of halogens is 1. The molecule has 5 rings (SSSR count). The fourth-order valence-electron chi connectivity index (χ4n) is 5.27. The lowest BCUT2D eigenvalue weighted by atomic mass is 9.93. The van der Waals surface area contributed by atoms with Crippen LogP contribution < -0.4 is 29.1 Å². The van der Waals surface area contributed by atoms with E-state index < -0.39 is 6.04 Å². The molecule has 0 unspecified atom stereocenters. The maximum absolute atomic E-state index is 14.2. The van der Waals surface area contributed by atoms with E-state index in [1.807, 2.05) is 32.0 Å². The van der Waals surface area contributed by atoms with Crippen molar-refractivity contribution in [2.45, 2.75) is 33.4 Å². The summed E-state index contributed by atoms with van der Waals surface area (Å²) in [6.45, 7) is 6.66. The highest BCUT2D eigenvalue weighted by Gasteiger charge is 2.36. The number of fused-ring (bicyclic) bond motifs is 1. The molecule has 0 N–H and O–H groups in total. The third kappa shape index (κ3) is 5.90. The smallest absolute Gasteiger partial charge is 0.271 e. The first-order chi connectivity index (χ1) is 21.3. The Morgan fingerprint density at radius 2 is 1.75 bits per heavy atom. The lowest BCUT2D eigenvalue weighted by molar-refractivity contribution is -0.127. The van der Waals surface area contributed by atoms with E-state index in [9.17, 15) is 14.0 Å². The molecule has 0 saturated heterocycles. The van der Waals surface area contributed by atoms with Gasteiger partial charge in [-0.2, -0.15) is 0 Å². The summed E-state index contributed by atoms with van der Waals surface area (Å²) in [5.41, 5.74) is 2.29. The number of para-hydroxylation sites is 1. The summed E-state index contributed by atoms with van der Waals surface area (Å²) in [7, 11) is 3.11. The van der Waals surface area contributed by atoms with Crippen LogP contribution in [0.3, 0.4) is 0 Å². The van der Waals surface area contributed by atoms with E-state index in [1.165, 1.54) is 17.4 Å². The van der Waals surface area contributed by atoms with Crippen molar-refractivity contribution in [3.8, 4) is 17.2 Å². The summed E-state index contributed by atoms with van der Waals surface area (Å²) < 4.78 is 33.4. The average molecular weight is 616 g/mol. The van der Waals surface area contributed by atoms with Crippen molar-refractivity contribution in [1.82, 2.24) is 9.47 Å². The average Bonchev–Trinajstić information content (AvgIpc) is 3.34. The molecule has 1 amide bonds. The number of benzene rings is 3. The first kappa shape index (κ1) is 30.7. The number of likely N-dealkylation sites (N-methyl/N-ethyl adjacent to an activating group) is 1. The molecule has 10 heteroatoms. The van der Waals surface area contributed by atoms with Crippen LogP contribution in [0.4, 0.5) is 4.39 Å². The molecule has 0 aliphatic carbocycles. The number of ether oxygens (including phenoxy) is 3. The summed E-state index contributed by atoms with van der Waals surface area (Å²) in [4.78, 5) is 35.1. The molecule has 0 fully saturated rings. The topological polar surface area (TPSA) is 82.4 Å². The van der Waals surface area contributed by atoms with E-state index in [-0.39, 0.29) is 23.9 Å². The summed E-state index contributed by atoms with van der Waals surface area (Å²) in [5, 5.41) is 0. The van der Waals surface area contributed by atoms with Crippen LogP contribution in [0.5, 0.6) is 17.2 Å². The number of carbonyl (C=O) groups excluding carboxylic acids is 1. The largest absolute Gasteiger partial charge is 0.497 e. The third-order valence-electron chi connectivity index (χ3n) is 7.58. The summed E-state index contributed by atoms with van der Waals surface area (Å²) in [6.07, 6.45) is 1.74. The van der Waals surface area contributed by atoms with Gasteiger partial charge in [-0.1, -0.05) is 47.7 Å². The molecule has 3 aromatic carbocycles. The molecule has 0 radical (unpaired) electrons. The van der Waals surface area contributed by atoms with Crippen LogP contribution in [0.2, 0.25) is 0 Å². The number of thiazole rings is 1. The molecule has 0 bridgehead atoms. The van der Waals surface area contributed by atoms with Crippen LogP contribution >= 0.6 is 11.3 Å². The van der Waals surface area contributed by atoms with Crippen molar-refractivity contribution >= 4 is 23.3 Å². The number of carbonyl (C=O) groups is 1. The Labute approximate surface area is 259 Å². The highest BCUT2D eigenvalue weighted by atomic mass is 32.1. The number of hydrogen-bond donors (Lipinski definition) is 0. The second-order valence-corrected chi connectivity index (χ2v) is 11.1. The summed E-state index contributed by atoms with van der Waals surface area (Å²) >= 11 is 1.22. The lowest BCUT2D eigenvalue weighted by Gasteiger charge is -2.30. The van der Waals surface area contributed by atoms with E-state index in [1.54, 1.807) is 79.2 Å². The predicted octanol–water partition coefficient (Wildman–Crippen LogP) is 4.84. The fraction of sp³-hybridized carbons (Fsp3) is 0.265. The molecule has 2 heterocycles. The minimum atomic E-state index is -0.806. The zero-order valence-corrected chi connectivity index (χ0v) is 26.1. The van der Waals surface area contributed by atoms with E-state index in [0.29, 0.717) is 67.6 Å². The molecule has 4 aromatic rings. The van der Waals surface area contributed by atoms with Gasteiger partial charge in [-0.3, -0.25) is 14.2 Å². The Morgan fingerprint density at radius 1 is 1.02 bits per heavy atom. The van der Waals surface area contributed by atoms with Gasteiger partial charge in [0.15, 0.2) is 4.80 Å². The Bertz CT molecular complexity index is 1910. The Hall–Kier alpha value is -4.70.